The van der Waals surface area contributed by atoms with Gasteiger partial charge in [0.1, 0.15) is 5.82 Å². The van der Waals surface area contributed by atoms with Crippen molar-refractivity contribution in [3.63, 3.8) is 0 Å². The second kappa shape index (κ2) is 8.68. The van der Waals surface area contributed by atoms with Crippen molar-refractivity contribution < 1.29 is 18.0 Å². The molecule has 2 aromatic heterocycles. The lowest BCUT2D eigenvalue weighted by molar-refractivity contribution is -0.138. The van der Waals surface area contributed by atoms with Gasteiger partial charge in [0.15, 0.2) is 0 Å². The summed E-state index contributed by atoms with van der Waals surface area (Å²) in [5.41, 5.74) is -0.506. The molecule has 0 radical (unpaired) electrons. The zero-order chi connectivity index (χ0) is 22.2. The molecule has 0 aromatic carbocycles. The molecule has 0 unspecified atom stereocenters. The smallest absolute Gasteiger partial charge is 0.356 e. The second-order valence-corrected chi connectivity index (χ2v) is 9.02. The molecule has 2 aliphatic rings. The number of aromatic nitrogens is 2. The molecule has 1 aliphatic carbocycles. The molecule has 1 saturated heterocycles. The van der Waals surface area contributed by atoms with Crippen LogP contribution in [0.4, 0.5) is 24.7 Å². The van der Waals surface area contributed by atoms with Gasteiger partial charge in [-0.15, -0.1) is 11.8 Å². The van der Waals surface area contributed by atoms with Crippen molar-refractivity contribution in [2.24, 2.45) is 11.8 Å². The number of carbonyl (C=O) groups excluding carboxylic acids is 1. The third-order valence-corrected chi connectivity index (χ3v) is 6.82. The van der Waals surface area contributed by atoms with Gasteiger partial charge < -0.3 is 10.2 Å². The van der Waals surface area contributed by atoms with Crippen LogP contribution >= 0.6 is 11.8 Å². The average molecular weight is 451 g/mol. The molecular formula is C22H25F3N4OS. The summed E-state index contributed by atoms with van der Waals surface area (Å²) in [5.74, 6) is 1.21. The SMILES string of the molecule is CSc1cc(NC(=O)c2c(N3CCC(C4CC4)CC3)ncc(C(F)(F)F)c2C)ccn1. The van der Waals surface area contributed by atoms with Gasteiger partial charge in [-0.25, -0.2) is 9.97 Å². The highest BCUT2D eigenvalue weighted by molar-refractivity contribution is 7.98. The Hall–Kier alpha value is -2.29. The summed E-state index contributed by atoms with van der Waals surface area (Å²) in [6.45, 7) is 2.75. The zero-order valence-corrected chi connectivity index (χ0v) is 18.3. The Labute approximate surface area is 183 Å². The fourth-order valence-electron chi connectivity index (χ4n) is 4.33. The monoisotopic (exact) mass is 450 g/mol. The van der Waals surface area contributed by atoms with E-state index in [-0.39, 0.29) is 11.1 Å². The van der Waals surface area contributed by atoms with Crippen molar-refractivity contribution in [2.75, 3.05) is 29.6 Å². The molecule has 9 heteroatoms. The summed E-state index contributed by atoms with van der Waals surface area (Å²) in [5, 5.41) is 3.45. The first kappa shape index (κ1) is 21.9. The predicted molar refractivity (Wildman–Crippen MR) is 116 cm³/mol. The van der Waals surface area contributed by atoms with E-state index in [0.29, 0.717) is 35.5 Å². The van der Waals surface area contributed by atoms with Gasteiger partial charge in [0.05, 0.1) is 16.2 Å². The molecule has 4 rings (SSSR count). The number of amides is 1. The molecule has 166 valence electrons. The first-order valence-corrected chi connectivity index (χ1v) is 11.6. The van der Waals surface area contributed by atoms with E-state index in [0.717, 1.165) is 25.0 Å². The summed E-state index contributed by atoms with van der Waals surface area (Å²) in [6, 6.07) is 3.31. The largest absolute Gasteiger partial charge is 0.418 e. The van der Waals surface area contributed by atoms with E-state index in [1.54, 1.807) is 18.3 Å². The van der Waals surface area contributed by atoms with E-state index in [1.165, 1.54) is 31.5 Å². The predicted octanol–water partition coefficient (Wildman–Crippen LogP) is 5.40. The highest BCUT2D eigenvalue weighted by Gasteiger charge is 2.38. The quantitative estimate of drug-likeness (QED) is 0.618. The maximum atomic E-state index is 13.5. The number of nitrogens with zero attached hydrogens (tertiary/aromatic N) is 3. The number of carbonyl (C=O) groups is 1. The molecule has 31 heavy (non-hydrogen) atoms. The van der Waals surface area contributed by atoms with E-state index in [9.17, 15) is 18.0 Å². The van der Waals surface area contributed by atoms with Crippen LogP contribution in [-0.4, -0.2) is 35.2 Å². The number of hydrogen-bond acceptors (Lipinski definition) is 5. The lowest BCUT2D eigenvalue weighted by Gasteiger charge is -2.34. The Morgan fingerprint density at radius 2 is 1.84 bits per heavy atom. The molecule has 1 saturated carbocycles. The number of hydrogen-bond donors (Lipinski definition) is 1. The molecule has 0 spiro atoms. The van der Waals surface area contributed by atoms with Gasteiger partial charge in [0.2, 0.25) is 0 Å². The average Bonchev–Trinajstić information content (AvgIpc) is 3.58. The maximum Gasteiger partial charge on any atom is 0.418 e. The Morgan fingerprint density at radius 1 is 1.16 bits per heavy atom. The Morgan fingerprint density at radius 3 is 2.45 bits per heavy atom. The van der Waals surface area contributed by atoms with Crippen molar-refractivity contribution in [3.05, 3.63) is 41.2 Å². The molecule has 3 heterocycles. The molecule has 0 bridgehead atoms. The number of nitrogens with one attached hydrogen (secondary N) is 1. The van der Waals surface area contributed by atoms with Crippen LogP contribution in [0.15, 0.2) is 29.6 Å². The summed E-state index contributed by atoms with van der Waals surface area (Å²) in [7, 11) is 0. The van der Waals surface area contributed by atoms with Crippen LogP contribution in [0.5, 0.6) is 0 Å². The highest BCUT2D eigenvalue weighted by atomic mass is 32.2. The van der Waals surface area contributed by atoms with E-state index in [4.69, 9.17) is 0 Å². The molecule has 2 aromatic rings. The van der Waals surface area contributed by atoms with E-state index in [2.05, 4.69) is 15.3 Å². The van der Waals surface area contributed by atoms with Crippen molar-refractivity contribution in [1.29, 1.82) is 0 Å². The van der Waals surface area contributed by atoms with Crippen molar-refractivity contribution in [1.82, 2.24) is 9.97 Å². The number of alkyl halides is 3. The van der Waals surface area contributed by atoms with Crippen molar-refractivity contribution in [3.8, 4) is 0 Å². The number of rotatable bonds is 5. The Balaban J connectivity index is 1.66. The second-order valence-electron chi connectivity index (χ2n) is 8.20. The Bertz CT molecular complexity index is 970. The van der Waals surface area contributed by atoms with Gasteiger partial charge in [-0.2, -0.15) is 13.2 Å². The molecule has 1 aliphatic heterocycles. The lowest BCUT2D eigenvalue weighted by Crippen LogP contribution is -2.36. The fourth-order valence-corrected chi connectivity index (χ4v) is 4.74. The number of pyridine rings is 2. The molecule has 2 fully saturated rings. The molecule has 1 amide bonds. The van der Waals surface area contributed by atoms with Crippen LogP contribution in [0.2, 0.25) is 0 Å². The maximum absolute atomic E-state index is 13.5. The molecule has 0 atom stereocenters. The summed E-state index contributed by atoms with van der Waals surface area (Å²) < 4.78 is 40.6. The van der Waals surface area contributed by atoms with E-state index >= 15 is 0 Å². The first-order valence-electron chi connectivity index (χ1n) is 10.4. The number of piperidine rings is 1. The van der Waals surface area contributed by atoms with Crippen LogP contribution < -0.4 is 10.2 Å². The lowest BCUT2D eigenvalue weighted by atomic mass is 9.91. The van der Waals surface area contributed by atoms with Gasteiger partial charge in [-0.3, -0.25) is 4.79 Å². The molecule has 1 N–H and O–H groups in total. The van der Waals surface area contributed by atoms with Gasteiger partial charge >= 0.3 is 6.18 Å². The van der Waals surface area contributed by atoms with Gasteiger partial charge in [0, 0.05) is 31.2 Å². The van der Waals surface area contributed by atoms with Crippen molar-refractivity contribution in [2.45, 2.75) is 43.8 Å². The minimum atomic E-state index is -4.58. The minimum absolute atomic E-state index is 0.0118. The Kier molecular flexibility index (Phi) is 6.14. The van der Waals surface area contributed by atoms with Crippen LogP contribution in [0.1, 0.15) is 47.2 Å². The number of anilines is 2. The fraction of sp³-hybridized carbons (Fsp3) is 0.500. The third kappa shape index (κ3) is 4.81. The van der Waals surface area contributed by atoms with Gasteiger partial charge in [0.25, 0.3) is 5.91 Å². The third-order valence-electron chi connectivity index (χ3n) is 6.18. The minimum Gasteiger partial charge on any atom is -0.356 e. The summed E-state index contributed by atoms with van der Waals surface area (Å²) in [4.78, 5) is 23.4. The van der Waals surface area contributed by atoms with E-state index < -0.39 is 17.6 Å². The molecule has 5 nitrogen and oxygen atoms in total. The zero-order valence-electron chi connectivity index (χ0n) is 17.5. The topological polar surface area (TPSA) is 58.1 Å². The van der Waals surface area contributed by atoms with Gasteiger partial charge in [-0.05, 0) is 68.4 Å². The number of thioether (sulfide) groups is 1. The van der Waals surface area contributed by atoms with Crippen LogP contribution in [-0.2, 0) is 6.18 Å². The van der Waals surface area contributed by atoms with Crippen LogP contribution in [0.25, 0.3) is 0 Å². The molecular weight excluding hydrogens is 425 g/mol. The summed E-state index contributed by atoms with van der Waals surface area (Å²) >= 11 is 1.42. The first-order chi connectivity index (χ1) is 14.8. The highest BCUT2D eigenvalue weighted by Crippen LogP contribution is 2.43. The standard InChI is InChI=1S/C22H25F3N4OS/c1-13-17(22(23,24)25)12-27-20(29-9-6-15(7-10-29)14-3-4-14)19(13)21(30)28-16-5-8-26-18(11-16)31-2/h5,8,11-12,14-15H,3-4,6-7,9-10H2,1-2H3,(H,26,28,30). The van der Waals surface area contributed by atoms with Crippen molar-refractivity contribution >= 4 is 29.2 Å². The van der Waals surface area contributed by atoms with Gasteiger partial charge in [-0.1, -0.05) is 0 Å². The van der Waals surface area contributed by atoms with Crippen LogP contribution in [0.3, 0.4) is 0 Å². The van der Waals surface area contributed by atoms with Crippen LogP contribution in [0, 0.1) is 18.8 Å². The van der Waals surface area contributed by atoms with E-state index in [1.807, 2.05) is 11.2 Å². The normalized spacial score (nSPS) is 17.6. The number of halogens is 3. The summed E-state index contributed by atoms with van der Waals surface area (Å²) in [6.07, 6.45) is 4.21.